The van der Waals surface area contributed by atoms with Gasteiger partial charge in [0, 0.05) is 12.6 Å². The summed E-state index contributed by atoms with van der Waals surface area (Å²) in [5.74, 6) is -0.345. The summed E-state index contributed by atoms with van der Waals surface area (Å²) in [6.07, 6.45) is 4.78. The molecule has 2 aliphatic rings. The van der Waals surface area contributed by atoms with Crippen LogP contribution in [0.5, 0.6) is 0 Å². The van der Waals surface area contributed by atoms with Crippen LogP contribution in [-0.4, -0.2) is 48.4 Å². The fourth-order valence-electron chi connectivity index (χ4n) is 2.53. The van der Waals surface area contributed by atoms with Crippen molar-refractivity contribution in [2.24, 2.45) is 0 Å². The number of piperazine rings is 1. The Morgan fingerprint density at radius 2 is 2.18 bits per heavy atom. The van der Waals surface area contributed by atoms with Crippen molar-refractivity contribution in [1.82, 2.24) is 15.5 Å². The molecule has 2 fully saturated rings. The van der Waals surface area contributed by atoms with E-state index in [2.05, 4.69) is 10.6 Å². The summed E-state index contributed by atoms with van der Waals surface area (Å²) in [6, 6.07) is 0.368. The number of imide groups is 1. The molecular formula is C12H21N3O2. The van der Waals surface area contributed by atoms with E-state index in [9.17, 15) is 9.59 Å². The first-order valence-electron chi connectivity index (χ1n) is 6.48. The van der Waals surface area contributed by atoms with Crippen LogP contribution in [0, 0.1) is 0 Å². The molecule has 2 rings (SSSR count). The molecular weight excluding hydrogens is 218 g/mol. The van der Waals surface area contributed by atoms with Gasteiger partial charge in [-0.25, -0.2) is 0 Å². The molecule has 0 radical (unpaired) electrons. The Labute approximate surface area is 102 Å². The fraction of sp³-hybridized carbons (Fsp3) is 0.833. The Kier molecular flexibility index (Phi) is 4.12. The van der Waals surface area contributed by atoms with Crippen LogP contribution in [0.2, 0.25) is 0 Å². The second-order valence-corrected chi connectivity index (χ2v) is 4.99. The average Bonchev–Trinajstić information content (AvgIpc) is 2.33. The lowest BCUT2D eigenvalue weighted by atomic mass is 10.0. The van der Waals surface area contributed by atoms with Crippen molar-refractivity contribution in [3.05, 3.63) is 0 Å². The molecule has 2 amide bonds. The van der Waals surface area contributed by atoms with Gasteiger partial charge < -0.3 is 5.32 Å². The summed E-state index contributed by atoms with van der Waals surface area (Å²) in [4.78, 5) is 24.7. The molecule has 2 saturated heterocycles. The van der Waals surface area contributed by atoms with E-state index in [0.717, 1.165) is 19.5 Å². The molecule has 17 heavy (non-hydrogen) atoms. The van der Waals surface area contributed by atoms with Crippen LogP contribution in [0.4, 0.5) is 0 Å². The highest BCUT2D eigenvalue weighted by molar-refractivity contribution is 6.00. The van der Waals surface area contributed by atoms with E-state index < -0.39 is 0 Å². The van der Waals surface area contributed by atoms with Gasteiger partial charge in [0.25, 0.3) is 0 Å². The van der Waals surface area contributed by atoms with Crippen molar-refractivity contribution in [3.8, 4) is 0 Å². The lowest BCUT2D eigenvalue weighted by Gasteiger charge is -2.33. The third kappa shape index (κ3) is 3.26. The van der Waals surface area contributed by atoms with Crippen molar-refractivity contribution in [2.75, 3.05) is 19.6 Å². The standard InChI is InChI=1S/C12H21N3O2/c1-9-12(17)14-11(16)8-15(9)7-5-10-4-2-3-6-13-10/h9-10,13H,2-8H2,1H3,(H,14,16,17). The second-order valence-electron chi connectivity index (χ2n) is 4.99. The number of carbonyl (C=O) groups excluding carboxylic acids is 2. The third-order valence-electron chi connectivity index (χ3n) is 3.71. The number of carbonyl (C=O) groups is 2. The van der Waals surface area contributed by atoms with Gasteiger partial charge >= 0.3 is 0 Å². The van der Waals surface area contributed by atoms with E-state index in [0.29, 0.717) is 12.6 Å². The molecule has 2 atom stereocenters. The summed E-state index contributed by atoms with van der Waals surface area (Å²) < 4.78 is 0. The predicted molar refractivity (Wildman–Crippen MR) is 64.4 cm³/mol. The highest BCUT2D eigenvalue weighted by Gasteiger charge is 2.30. The van der Waals surface area contributed by atoms with E-state index in [1.54, 1.807) is 0 Å². The zero-order valence-corrected chi connectivity index (χ0v) is 10.4. The normalized spacial score (nSPS) is 31.4. The molecule has 96 valence electrons. The molecule has 5 nitrogen and oxygen atoms in total. The van der Waals surface area contributed by atoms with Crippen molar-refractivity contribution in [3.63, 3.8) is 0 Å². The minimum absolute atomic E-state index is 0.169. The highest BCUT2D eigenvalue weighted by atomic mass is 16.2. The predicted octanol–water partition coefficient (Wildman–Crippen LogP) is -0.134. The van der Waals surface area contributed by atoms with E-state index in [1.165, 1.54) is 19.3 Å². The maximum atomic E-state index is 11.5. The number of amides is 2. The third-order valence-corrected chi connectivity index (χ3v) is 3.71. The van der Waals surface area contributed by atoms with Crippen molar-refractivity contribution >= 4 is 11.8 Å². The molecule has 2 heterocycles. The molecule has 0 aromatic carbocycles. The quantitative estimate of drug-likeness (QED) is 0.673. The number of nitrogens with zero attached hydrogens (tertiary/aromatic N) is 1. The number of hydrogen-bond acceptors (Lipinski definition) is 4. The lowest BCUT2D eigenvalue weighted by Crippen LogP contribution is -2.57. The Morgan fingerprint density at radius 1 is 1.35 bits per heavy atom. The van der Waals surface area contributed by atoms with Crippen molar-refractivity contribution in [1.29, 1.82) is 0 Å². The molecule has 0 spiro atoms. The van der Waals surface area contributed by atoms with Crippen LogP contribution in [0.25, 0.3) is 0 Å². The topological polar surface area (TPSA) is 61.4 Å². The lowest BCUT2D eigenvalue weighted by molar-refractivity contribution is -0.139. The van der Waals surface area contributed by atoms with Gasteiger partial charge in [-0.2, -0.15) is 0 Å². The Morgan fingerprint density at radius 3 is 2.88 bits per heavy atom. The van der Waals surface area contributed by atoms with Gasteiger partial charge in [0.2, 0.25) is 11.8 Å². The molecule has 2 N–H and O–H groups in total. The molecule has 0 aromatic rings. The largest absolute Gasteiger partial charge is 0.314 e. The van der Waals surface area contributed by atoms with Crippen LogP contribution < -0.4 is 10.6 Å². The molecule has 0 aliphatic carbocycles. The number of rotatable bonds is 3. The smallest absolute Gasteiger partial charge is 0.243 e. The Balaban J connectivity index is 1.80. The molecule has 5 heteroatoms. The average molecular weight is 239 g/mol. The summed E-state index contributed by atoms with van der Waals surface area (Å²) in [7, 11) is 0. The second kappa shape index (κ2) is 5.60. The molecule has 2 aliphatic heterocycles. The minimum Gasteiger partial charge on any atom is -0.314 e. The van der Waals surface area contributed by atoms with Crippen LogP contribution in [0.1, 0.15) is 32.6 Å². The van der Waals surface area contributed by atoms with E-state index in [4.69, 9.17) is 0 Å². The van der Waals surface area contributed by atoms with Gasteiger partial charge in [-0.15, -0.1) is 0 Å². The van der Waals surface area contributed by atoms with Gasteiger partial charge in [-0.05, 0) is 32.7 Å². The van der Waals surface area contributed by atoms with E-state index in [-0.39, 0.29) is 17.9 Å². The van der Waals surface area contributed by atoms with Crippen molar-refractivity contribution in [2.45, 2.75) is 44.7 Å². The van der Waals surface area contributed by atoms with Gasteiger partial charge in [-0.1, -0.05) is 6.42 Å². The van der Waals surface area contributed by atoms with Crippen molar-refractivity contribution < 1.29 is 9.59 Å². The van der Waals surface area contributed by atoms with E-state index in [1.807, 2.05) is 11.8 Å². The van der Waals surface area contributed by atoms with Gasteiger partial charge in [-0.3, -0.25) is 19.8 Å². The summed E-state index contributed by atoms with van der Waals surface area (Å²) in [6.45, 7) is 4.12. The first-order chi connectivity index (χ1) is 8.16. The molecule has 0 bridgehead atoms. The van der Waals surface area contributed by atoms with Crippen LogP contribution >= 0.6 is 0 Å². The number of hydrogen-bond donors (Lipinski definition) is 2. The van der Waals surface area contributed by atoms with Crippen LogP contribution in [0.15, 0.2) is 0 Å². The zero-order valence-electron chi connectivity index (χ0n) is 10.4. The first kappa shape index (κ1) is 12.5. The van der Waals surface area contributed by atoms with Gasteiger partial charge in [0.15, 0.2) is 0 Å². The minimum atomic E-state index is -0.184. The monoisotopic (exact) mass is 239 g/mol. The SMILES string of the molecule is CC1C(=O)NC(=O)CN1CCC1CCCCN1. The zero-order chi connectivity index (χ0) is 12.3. The molecule has 2 unspecified atom stereocenters. The summed E-state index contributed by atoms with van der Waals surface area (Å²) in [5, 5.41) is 5.85. The van der Waals surface area contributed by atoms with Gasteiger partial charge in [0.1, 0.15) is 0 Å². The summed E-state index contributed by atoms with van der Waals surface area (Å²) >= 11 is 0. The molecule has 0 saturated carbocycles. The van der Waals surface area contributed by atoms with Crippen LogP contribution in [0.3, 0.4) is 0 Å². The highest BCUT2D eigenvalue weighted by Crippen LogP contribution is 2.12. The Hall–Kier alpha value is -0.940. The first-order valence-corrected chi connectivity index (χ1v) is 6.48. The van der Waals surface area contributed by atoms with Gasteiger partial charge in [0.05, 0.1) is 12.6 Å². The number of piperidine rings is 1. The summed E-state index contributed by atoms with van der Waals surface area (Å²) in [5.41, 5.74) is 0. The van der Waals surface area contributed by atoms with E-state index >= 15 is 0 Å². The van der Waals surface area contributed by atoms with Crippen LogP contribution in [-0.2, 0) is 9.59 Å². The maximum absolute atomic E-state index is 11.5. The number of nitrogens with one attached hydrogen (secondary N) is 2. The fourth-order valence-corrected chi connectivity index (χ4v) is 2.53. The maximum Gasteiger partial charge on any atom is 0.243 e. The molecule has 0 aromatic heterocycles. The Bertz CT molecular complexity index is 300.